The maximum absolute atomic E-state index is 10.3. The van der Waals surface area contributed by atoms with Crippen molar-refractivity contribution in [3.63, 3.8) is 0 Å². The van der Waals surface area contributed by atoms with Gasteiger partial charge in [0, 0.05) is 5.54 Å². The van der Waals surface area contributed by atoms with Crippen molar-refractivity contribution in [2.75, 3.05) is 14.1 Å². The molecule has 0 heterocycles. The number of hydrogen-bond donors (Lipinski definition) is 1. The van der Waals surface area contributed by atoms with Gasteiger partial charge in [0.25, 0.3) is 0 Å². The molecule has 2 nitrogen and oxygen atoms in total. The predicted octanol–water partition coefficient (Wildman–Crippen LogP) is 1.49. The van der Waals surface area contributed by atoms with Crippen LogP contribution >= 0.6 is 0 Å². The van der Waals surface area contributed by atoms with E-state index in [9.17, 15) is 5.11 Å². The fraction of sp³-hybridized carbons (Fsp3) is 1.00. The lowest BCUT2D eigenvalue weighted by atomic mass is 9.72. The molecule has 2 heteroatoms. The van der Waals surface area contributed by atoms with Crippen molar-refractivity contribution >= 4 is 0 Å². The summed E-state index contributed by atoms with van der Waals surface area (Å²) < 4.78 is 0. The first-order chi connectivity index (χ1) is 5.91. The molecule has 76 valence electrons. The van der Waals surface area contributed by atoms with Crippen LogP contribution < -0.4 is 0 Å². The van der Waals surface area contributed by atoms with Gasteiger partial charge in [0.05, 0.1) is 6.10 Å². The maximum atomic E-state index is 10.3. The molecule has 0 aromatic carbocycles. The first-order valence-corrected chi connectivity index (χ1v) is 5.27. The molecule has 2 rings (SSSR count). The zero-order chi connectivity index (χ0) is 9.85. The van der Waals surface area contributed by atoms with Gasteiger partial charge in [-0.25, -0.2) is 0 Å². The van der Waals surface area contributed by atoms with Gasteiger partial charge < -0.3 is 10.0 Å². The highest BCUT2D eigenvalue weighted by atomic mass is 16.3. The van der Waals surface area contributed by atoms with E-state index < -0.39 is 0 Å². The molecule has 0 unspecified atom stereocenters. The molecule has 1 N–H and O–H groups in total. The molecule has 13 heavy (non-hydrogen) atoms. The second-order valence-corrected chi connectivity index (χ2v) is 5.66. The zero-order valence-corrected chi connectivity index (χ0v) is 9.17. The van der Waals surface area contributed by atoms with Gasteiger partial charge >= 0.3 is 0 Å². The summed E-state index contributed by atoms with van der Waals surface area (Å²) >= 11 is 0. The third-order valence-electron chi connectivity index (χ3n) is 4.68. The second kappa shape index (κ2) is 2.48. The van der Waals surface area contributed by atoms with Crippen LogP contribution in [0.5, 0.6) is 0 Å². The predicted molar refractivity (Wildman–Crippen MR) is 53.5 cm³/mol. The lowest BCUT2D eigenvalue weighted by molar-refractivity contribution is -0.0559. The van der Waals surface area contributed by atoms with Gasteiger partial charge in [0.2, 0.25) is 0 Å². The van der Waals surface area contributed by atoms with Gasteiger partial charge in [0.15, 0.2) is 0 Å². The quantitative estimate of drug-likeness (QED) is 0.665. The molecule has 2 saturated carbocycles. The van der Waals surface area contributed by atoms with Crippen molar-refractivity contribution in [2.45, 2.75) is 44.8 Å². The molecular weight excluding hydrogens is 162 g/mol. The minimum atomic E-state index is -0.145. The van der Waals surface area contributed by atoms with Crippen LogP contribution in [0.4, 0.5) is 0 Å². The fourth-order valence-corrected chi connectivity index (χ4v) is 3.50. The highest BCUT2D eigenvalue weighted by Gasteiger charge is 2.62. The molecule has 3 atom stereocenters. The van der Waals surface area contributed by atoms with Crippen LogP contribution in [0.15, 0.2) is 0 Å². The van der Waals surface area contributed by atoms with Crippen LogP contribution in [-0.2, 0) is 0 Å². The highest BCUT2D eigenvalue weighted by molar-refractivity contribution is 5.15. The Balaban J connectivity index is 2.34. The molecule has 0 aromatic rings. The van der Waals surface area contributed by atoms with E-state index in [-0.39, 0.29) is 17.1 Å². The molecule has 2 aliphatic carbocycles. The fourth-order valence-electron chi connectivity index (χ4n) is 3.50. The Kier molecular flexibility index (Phi) is 1.81. The van der Waals surface area contributed by atoms with Crippen molar-refractivity contribution in [1.82, 2.24) is 4.90 Å². The number of likely N-dealkylation sites (N-methyl/N-ethyl adjacent to an activating group) is 1. The average molecular weight is 183 g/mol. The monoisotopic (exact) mass is 183 g/mol. The van der Waals surface area contributed by atoms with Crippen LogP contribution in [0.1, 0.15) is 33.1 Å². The number of rotatable bonds is 1. The van der Waals surface area contributed by atoms with E-state index in [4.69, 9.17) is 0 Å². The first-order valence-electron chi connectivity index (χ1n) is 5.27. The van der Waals surface area contributed by atoms with E-state index in [1.54, 1.807) is 0 Å². The average Bonchev–Trinajstić information content (AvgIpc) is 2.53. The van der Waals surface area contributed by atoms with Crippen molar-refractivity contribution in [3.05, 3.63) is 0 Å². The number of hydrogen-bond acceptors (Lipinski definition) is 2. The molecule has 0 amide bonds. The minimum Gasteiger partial charge on any atom is -0.391 e. The Bertz CT molecular complexity index is 224. The Hall–Kier alpha value is -0.0800. The minimum absolute atomic E-state index is 0.0914. The summed E-state index contributed by atoms with van der Waals surface area (Å²) in [5, 5.41) is 10.3. The van der Waals surface area contributed by atoms with Crippen LogP contribution in [0.25, 0.3) is 0 Å². The largest absolute Gasteiger partial charge is 0.391 e. The van der Waals surface area contributed by atoms with Crippen molar-refractivity contribution in [2.24, 2.45) is 11.3 Å². The first kappa shape index (κ1) is 9.47. The topological polar surface area (TPSA) is 23.5 Å². The SMILES string of the molecule is CN(C)[C@]12CC[C@H](C1)C(C)(C)[C@H]2O. The zero-order valence-electron chi connectivity index (χ0n) is 9.17. The number of fused-ring (bicyclic) bond motifs is 2. The van der Waals surface area contributed by atoms with Gasteiger partial charge in [-0.15, -0.1) is 0 Å². The lowest BCUT2D eigenvalue weighted by Crippen LogP contribution is -2.54. The smallest absolute Gasteiger partial charge is 0.0777 e. The van der Waals surface area contributed by atoms with E-state index in [0.29, 0.717) is 0 Å². The normalized spacial score (nSPS) is 47.5. The van der Waals surface area contributed by atoms with E-state index >= 15 is 0 Å². The Labute approximate surface area is 80.9 Å². The van der Waals surface area contributed by atoms with Crippen molar-refractivity contribution < 1.29 is 5.11 Å². The summed E-state index contributed by atoms with van der Waals surface area (Å²) in [5.74, 6) is 0.727. The standard InChI is InChI=1S/C11H21NO/c1-10(2)8-5-6-11(7-8,9(10)13)12(3)4/h8-9,13H,5-7H2,1-4H3/t8-,9-,11-/m1/s1. The summed E-state index contributed by atoms with van der Waals surface area (Å²) in [5.41, 5.74) is 0.219. The number of aliphatic hydroxyl groups is 1. The van der Waals surface area contributed by atoms with Crippen LogP contribution in [-0.4, -0.2) is 35.7 Å². The van der Waals surface area contributed by atoms with E-state index in [0.717, 1.165) is 5.92 Å². The second-order valence-electron chi connectivity index (χ2n) is 5.66. The molecule has 0 aliphatic heterocycles. The number of aliphatic hydroxyl groups excluding tert-OH is 1. The van der Waals surface area contributed by atoms with Gasteiger partial charge in [-0.1, -0.05) is 13.8 Å². The molecule has 2 aliphatic rings. The Morgan fingerprint density at radius 1 is 1.31 bits per heavy atom. The lowest BCUT2D eigenvalue weighted by Gasteiger charge is -2.44. The Morgan fingerprint density at radius 2 is 1.92 bits per heavy atom. The third kappa shape index (κ3) is 0.962. The van der Waals surface area contributed by atoms with Gasteiger partial charge in [-0.3, -0.25) is 0 Å². The number of nitrogens with zero attached hydrogens (tertiary/aromatic N) is 1. The maximum Gasteiger partial charge on any atom is 0.0777 e. The molecule has 0 aromatic heterocycles. The molecule has 0 saturated heterocycles. The summed E-state index contributed by atoms with van der Waals surface area (Å²) in [6, 6.07) is 0. The van der Waals surface area contributed by atoms with E-state index in [1.165, 1.54) is 19.3 Å². The summed E-state index contributed by atoms with van der Waals surface area (Å²) in [6.07, 6.45) is 3.51. The molecule has 2 fully saturated rings. The van der Waals surface area contributed by atoms with Crippen molar-refractivity contribution in [1.29, 1.82) is 0 Å². The van der Waals surface area contributed by atoms with Gasteiger partial charge in [-0.2, -0.15) is 0 Å². The summed E-state index contributed by atoms with van der Waals surface area (Å²) in [6.45, 7) is 4.43. The molecule has 2 bridgehead atoms. The van der Waals surface area contributed by atoms with Gasteiger partial charge in [-0.05, 0) is 44.7 Å². The van der Waals surface area contributed by atoms with Gasteiger partial charge in [0.1, 0.15) is 0 Å². The van der Waals surface area contributed by atoms with E-state index in [1.807, 2.05) is 0 Å². The van der Waals surface area contributed by atoms with Crippen LogP contribution in [0.2, 0.25) is 0 Å². The van der Waals surface area contributed by atoms with Crippen molar-refractivity contribution in [3.8, 4) is 0 Å². The molecular formula is C11H21NO. The summed E-state index contributed by atoms with van der Waals surface area (Å²) in [7, 11) is 4.21. The summed E-state index contributed by atoms with van der Waals surface area (Å²) in [4.78, 5) is 2.24. The molecule has 0 spiro atoms. The van der Waals surface area contributed by atoms with E-state index in [2.05, 4.69) is 32.8 Å². The highest BCUT2D eigenvalue weighted by Crippen LogP contribution is 2.59. The van der Waals surface area contributed by atoms with Crippen LogP contribution in [0.3, 0.4) is 0 Å². The Morgan fingerprint density at radius 3 is 2.23 bits per heavy atom. The van der Waals surface area contributed by atoms with Crippen LogP contribution in [0, 0.1) is 11.3 Å². The third-order valence-corrected chi connectivity index (χ3v) is 4.68. The molecule has 0 radical (unpaired) electrons.